The zero-order chi connectivity index (χ0) is 31.5. The van der Waals surface area contributed by atoms with Crippen LogP contribution in [0.2, 0.25) is 0 Å². The summed E-state index contributed by atoms with van der Waals surface area (Å²) in [5, 5.41) is 18.6. The van der Waals surface area contributed by atoms with E-state index in [4.69, 9.17) is 19.7 Å². The minimum atomic E-state index is -0.410. The number of aryl methyl sites for hydroxylation is 2. The lowest BCUT2D eigenvalue weighted by atomic mass is 10.0. The number of rotatable bonds is 12. The molecule has 236 valence electrons. The summed E-state index contributed by atoms with van der Waals surface area (Å²) in [6.45, 7) is 1.32. The number of aromatic nitrogens is 5. The quantitative estimate of drug-likeness (QED) is 0.149. The number of benzene rings is 3. The Labute approximate surface area is 267 Å². The second-order valence-corrected chi connectivity index (χ2v) is 11.9. The first kappa shape index (κ1) is 29.6. The lowest BCUT2D eigenvalue weighted by Gasteiger charge is -2.22. The molecule has 0 saturated carbocycles. The van der Waals surface area contributed by atoms with E-state index < -0.39 is 6.04 Å². The van der Waals surface area contributed by atoms with Gasteiger partial charge in [-0.05, 0) is 61.2 Å². The molecule has 3 aromatic heterocycles. The van der Waals surface area contributed by atoms with E-state index in [2.05, 4.69) is 61.7 Å². The van der Waals surface area contributed by atoms with Gasteiger partial charge in [0.05, 0.1) is 32.8 Å². The first-order chi connectivity index (χ1) is 22.6. The highest BCUT2D eigenvalue weighted by Crippen LogP contribution is 2.29. The Kier molecular flexibility index (Phi) is 8.43. The molecule has 0 aliphatic carbocycles. The molecule has 4 N–H and O–H groups in total. The fourth-order valence-corrected chi connectivity index (χ4v) is 6.61. The van der Waals surface area contributed by atoms with Crippen molar-refractivity contribution >= 4 is 27.7 Å². The Morgan fingerprint density at radius 3 is 2.37 bits per heavy atom. The number of nitrogens with zero attached hydrogens (tertiary/aromatic N) is 3. The van der Waals surface area contributed by atoms with Gasteiger partial charge in [0.1, 0.15) is 17.3 Å². The molecule has 1 saturated heterocycles. The Hall–Kier alpha value is -5.09. The smallest absolute Gasteiger partial charge is 0.237 e. The molecule has 4 heterocycles. The van der Waals surface area contributed by atoms with Gasteiger partial charge in [-0.1, -0.05) is 36.4 Å². The fourth-order valence-electron chi connectivity index (χ4n) is 6.61. The molecule has 7 rings (SSSR count). The van der Waals surface area contributed by atoms with Crippen LogP contribution in [-0.4, -0.2) is 57.4 Å². The topological polar surface area (TPSA) is 122 Å². The number of ether oxygens (including phenoxy) is 2. The molecule has 0 radical (unpaired) electrons. The van der Waals surface area contributed by atoms with Crippen LogP contribution in [0.25, 0.3) is 21.8 Å². The van der Waals surface area contributed by atoms with E-state index in [1.54, 1.807) is 14.2 Å². The monoisotopic (exact) mass is 617 g/mol. The summed E-state index contributed by atoms with van der Waals surface area (Å²) >= 11 is 0. The number of para-hydroxylation sites is 2. The molecule has 0 spiro atoms. The van der Waals surface area contributed by atoms with Gasteiger partial charge in [0.2, 0.25) is 5.91 Å². The van der Waals surface area contributed by atoms with Crippen LogP contribution in [0.1, 0.15) is 47.2 Å². The summed E-state index contributed by atoms with van der Waals surface area (Å²) in [6.07, 6.45) is 7.92. The lowest BCUT2D eigenvalue weighted by molar-refractivity contribution is -0.123. The number of fused-ring (bicyclic) bond motifs is 2. The first-order valence-corrected chi connectivity index (χ1v) is 15.9. The predicted octanol–water partition coefficient (Wildman–Crippen LogP) is 5.24. The van der Waals surface area contributed by atoms with Crippen LogP contribution in [0, 0.1) is 0 Å². The van der Waals surface area contributed by atoms with E-state index in [0.29, 0.717) is 31.0 Å². The van der Waals surface area contributed by atoms with E-state index in [9.17, 15) is 4.79 Å². The molecule has 1 unspecified atom stereocenters. The molecule has 2 atom stereocenters. The highest BCUT2D eigenvalue weighted by molar-refractivity contribution is 5.84. The van der Waals surface area contributed by atoms with Crippen molar-refractivity contribution in [1.82, 2.24) is 35.4 Å². The molecule has 3 aromatic carbocycles. The Morgan fingerprint density at radius 1 is 0.913 bits per heavy atom. The Balaban J connectivity index is 1.28. The number of H-pyrrole nitrogens is 2. The average molecular weight is 618 g/mol. The third-order valence-electron chi connectivity index (χ3n) is 9.08. The van der Waals surface area contributed by atoms with Gasteiger partial charge >= 0.3 is 0 Å². The molecule has 10 heteroatoms. The number of amides is 1. The van der Waals surface area contributed by atoms with E-state index >= 15 is 0 Å². The van der Waals surface area contributed by atoms with Crippen LogP contribution in [-0.2, 0) is 30.6 Å². The summed E-state index contributed by atoms with van der Waals surface area (Å²) in [7, 11) is 3.31. The molecule has 6 aromatic rings. The van der Waals surface area contributed by atoms with Gasteiger partial charge in [0.25, 0.3) is 0 Å². The summed E-state index contributed by atoms with van der Waals surface area (Å²) in [5.41, 5.74) is 5.47. The number of hydrogen-bond acceptors (Lipinski definition) is 6. The number of nitrogens with one attached hydrogen (secondary N) is 4. The molecule has 1 amide bonds. The molecule has 0 bridgehead atoms. The fraction of sp³-hybridized carbons (Fsp3) is 0.306. The predicted molar refractivity (Wildman–Crippen MR) is 178 cm³/mol. The van der Waals surface area contributed by atoms with Crippen LogP contribution < -0.4 is 20.1 Å². The van der Waals surface area contributed by atoms with Crippen LogP contribution in [0.15, 0.2) is 79.1 Å². The number of methoxy groups -OCH3 is 2. The Bertz CT molecular complexity index is 1970. The van der Waals surface area contributed by atoms with Gasteiger partial charge in [0, 0.05) is 58.7 Å². The van der Waals surface area contributed by atoms with Crippen LogP contribution in [0.3, 0.4) is 0 Å². The maximum absolute atomic E-state index is 13.6. The molecule has 1 aliphatic heterocycles. The molecular formula is C36H39N7O3. The first-order valence-electron chi connectivity index (χ1n) is 15.9. The van der Waals surface area contributed by atoms with E-state index in [0.717, 1.165) is 64.9 Å². The second-order valence-electron chi connectivity index (χ2n) is 11.9. The zero-order valence-electron chi connectivity index (χ0n) is 26.2. The third-order valence-corrected chi connectivity index (χ3v) is 9.08. The molecule has 10 nitrogen and oxygen atoms in total. The third kappa shape index (κ3) is 5.95. The zero-order valence-corrected chi connectivity index (χ0v) is 26.2. The highest BCUT2D eigenvalue weighted by atomic mass is 16.5. The SMILES string of the molecule is COc1ccc(Cn2c(CCc3c[nH]c4ccccc34)nnc2[C@@H](Cc2c[nH]c3ccccc23)NC(=O)C2CCCN2)c(OC)c1. The van der Waals surface area contributed by atoms with Crippen molar-refractivity contribution in [1.29, 1.82) is 0 Å². The molecule has 46 heavy (non-hydrogen) atoms. The van der Waals surface area contributed by atoms with Crippen molar-refractivity contribution in [2.75, 3.05) is 20.8 Å². The number of carbonyl (C=O) groups excluding carboxylic acids is 1. The van der Waals surface area contributed by atoms with Crippen molar-refractivity contribution in [3.63, 3.8) is 0 Å². The highest BCUT2D eigenvalue weighted by Gasteiger charge is 2.29. The maximum Gasteiger partial charge on any atom is 0.237 e. The van der Waals surface area contributed by atoms with Gasteiger partial charge in [-0.15, -0.1) is 10.2 Å². The molecular weight excluding hydrogens is 578 g/mol. The second kappa shape index (κ2) is 13.1. The summed E-state index contributed by atoms with van der Waals surface area (Å²) in [5.74, 6) is 2.98. The van der Waals surface area contributed by atoms with Crippen LogP contribution in [0.4, 0.5) is 0 Å². The van der Waals surface area contributed by atoms with Crippen molar-refractivity contribution in [2.24, 2.45) is 0 Å². The molecule has 1 fully saturated rings. The van der Waals surface area contributed by atoms with Gasteiger partial charge in [-0.2, -0.15) is 0 Å². The van der Waals surface area contributed by atoms with Gasteiger partial charge in [-0.25, -0.2) is 0 Å². The van der Waals surface area contributed by atoms with Gasteiger partial charge in [0.15, 0.2) is 5.82 Å². The van der Waals surface area contributed by atoms with Crippen molar-refractivity contribution < 1.29 is 14.3 Å². The number of carbonyl (C=O) groups is 1. The lowest BCUT2D eigenvalue weighted by Crippen LogP contribution is -2.43. The van der Waals surface area contributed by atoms with Crippen molar-refractivity contribution in [3.05, 3.63) is 107 Å². The number of aromatic amines is 2. The molecule has 1 aliphatic rings. The van der Waals surface area contributed by atoms with Crippen molar-refractivity contribution in [2.45, 2.75) is 50.7 Å². The van der Waals surface area contributed by atoms with Gasteiger partial charge < -0.3 is 34.6 Å². The van der Waals surface area contributed by atoms with Crippen LogP contribution >= 0.6 is 0 Å². The minimum Gasteiger partial charge on any atom is -0.497 e. The number of hydrogen-bond donors (Lipinski definition) is 4. The standard InChI is InChI=1S/C36H39N7O3/c1-45-26-15-13-24(33(19-26)46-2)22-43-34(16-14-23-20-38-29-10-5-3-8-27(23)29)41-42-35(43)32(40-36(44)31-12-7-17-37-31)18-25-21-39-30-11-6-4-9-28(25)30/h3-6,8-11,13,15,19-21,31-32,37-39H,7,12,14,16-18,22H2,1-2H3,(H,40,44)/t31?,32-/m1/s1. The van der Waals surface area contributed by atoms with Crippen molar-refractivity contribution in [3.8, 4) is 11.5 Å². The largest absolute Gasteiger partial charge is 0.497 e. The van der Waals surface area contributed by atoms with Crippen LogP contribution in [0.5, 0.6) is 11.5 Å². The summed E-state index contributed by atoms with van der Waals surface area (Å²) in [4.78, 5) is 20.4. The normalized spacial score (nSPS) is 15.4. The van der Waals surface area contributed by atoms with E-state index in [1.165, 1.54) is 10.9 Å². The maximum atomic E-state index is 13.6. The minimum absolute atomic E-state index is 0.0146. The summed E-state index contributed by atoms with van der Waals surface area (Å²) < 4.78 is 13.4. The average Bonchev–Trinajstić information content (AvgIpc) is 3.91. The van der Waals surface area contributed by atoms with Gasteiger partial charge in [-0.3, -0.25) is 4.79 Å². The van der Waals surface area contributed by atoms with E-state index in [1.807, 2.05) is 42.6 Å². The Morgan fingerprint density at radius 2 is 1.65 bits per heavy atom. The van der Waals surface area contributed by atoms with E-state index in [-0.39, 0.29) is 11.9 Å². The summed E-state index contributed by atoms with van der Waals surface area (Å²) in [6, 6.07) is 21.8.